The molecule has 0 aromatic heterocycles. The Hall–Kier alpha value is -1.51. The number of ketones is 1. The lowest BCUT2D eigenvalue weighted by Gasteiger charge is -2.61. The van der Waals surface area contributed by atoms with Gasteiger partial charge in [-0.2, -0.15) is 0 Å². The lowest BCUT2D eigenvalue weighted by molar-refractivity contribution is -0.215. The molecular weight excluding hydrogens is 436 g/mol. The molecule has 34 heavy (non-hydrogen) atoms. The number of ether oxygens (including phenoxy) is 1. The molecule has 11 atom stereocenters. The lowest BCUT2D eigenvalue weighted by atomic mass is 9.45. The molecule has 190 valence electrons. The van der Waals surface area contributed by atoms with Crippen molar-refractivity contribution in [2.45, 2.75) is 84.0 Å². The highest BCUT2D eigenvalue weighted by molar-refractivity contribution is 5.93. The van der Waals surface area contributed by atoms with Crippen LogP contribution in [0.15, 0.2) is 0 Å². The Morgan fingerprint density at radius 2 is 1.88 bits per heavy atom. The zero-order chi connectivity index (χ0) is 24.6. The Morgan fingerprint density at radius 3 is 2.53 bits per heavy atom. The van der Waals surface area contributed by atoms with Crippen LogP contribution in [-0.2, 0) is 14.3 Å². The maximum absolute atomic E-state index is 13.3. The van der Waals surface area contributed by atoms with Gasteiger partial charge in [0.2, 0.25) is 5.91 Å². The first-order chi connectivity index (χ1) is 15.9. The third-order valence-electron chi connectivity index (χ3n) is 10.9. The number of amides is 2. The molecule has 0 aromatic rings. The first-order valence-electron chi connectivity index (χ1n) is 13.1. The molecule has 3 saturated carbocycles. The van der Waals surface area contributed by atoms with E-state index < -0.39 is 34.7 Å². The van der Waals surface area contributed by atoms with Crippen LogP contribution in [0, 0.1) is 40.4 Å². The number of rotatable bonds is 2. The summed E-state index contributed by atoms with van der Waals surface area (Å²) in [6.45, 7) is 10.2. The second-order valence-corrected chi connectivity index (χ2v) is 12.5. The molecule has 0 radical (unpaired) electrons. The van der Waals surface area contributed by atoms with E-state index in [-0.39, 0.29) is 47.7 Å². The van der Waals surface area contributed by atoms with E-state index in [9.17, 15) is 24.6 Å². The number of nitrogens with one attached hydrogen (secondary N) is 1. The second-order valence-electron chi connectivity index (χ2n) is 12.5. The third-order valence-corrected chi connectivity index (χ3v) is 10.9. The van der Waals surface area contributed by atoms with Crippen LogP contribution in [0.4, 0.5) is 4.79 Å². The number of imide groups is 1. The standard InChI is InChI=1S/C26H40N2O6/c1-14-5-8-26-9-6-18(29)20(26)25(14,4)19(11-24(3,33)21(30)15(26)2)34-23(32)27-22(31)17-13-28-10-7-16(17)12-28/h14-17,19-21,30,33H,5-13H2,1-4H3,(H,27,31,32)/t14-,15+,16?,17+,19-,20?,21+,24-,25+,26?/m1/s1. The average Bonchev–Trinajstić information content (AvgIpc) is 3.49. The highest BCUT2D eigenvalue weighted by atomic mass is 16.6. The Balaban J connectivity index is 1.43. The van der Waals surface area contributed by atoms with Crippen molar-refractivity contribution in [2.75, 3.05) is 19.6 Å². The fraction of sp³-hybridized carbons (Fsp3) is 0.885. The summed E-state index contributed by atoms with van der Waals surface area (Å²) >= 11 is 0. The molecule has 2 saturated heterocycles. The Labute approximate surface area is 201 Å². The van der Waals surface area contributed by atoms with Gasteiger partial charge in [0, 0.05) is 37.3 Å². The largest absolute Gasteiger partial charge is 0.445 e. The average molecular weight is 477 g/mol. The number of alkyl carbamates (subject to hydrolysis) is 1. The molecule has 4 unspecified atom stereocenters. The highest BCUT2D eigenvalue weighted by Crippen LogP contribution is 2.67. The van der Waals surface area contributed by atoms with Crippen LogP contribution < -0.4 is 5.32 Å². The first-order valence-corrected chi connectivity index (χ1v) is 13.1. The van der Waals surface area contributed by atoms with E-state index in [1.807, 2.05) is 13.8 Å². The van der Waals surface area contributed by atoms with Crippen molar-refractivity contribution in [3.63, 3.8) is 0 Å². The summed E-state index contributed by atoms with van der Waals surface area (Å²) in [7, 11) is 0. The van der Waals surface area contributed by atoms with Crippen LogP contribution in [0.1, 0.15) is 66.2 Å². The van der Waals surface area contributed by atoms with Crippen LogP contribution in [0.3, 0.4) is 0 Å². The van der Waals surface area contributed by atoms with Gasteiger partial charge in [-0.15, -0.1) is 0 Å². The van der Waals surface area contributed by atoms with Crippen molar-refractivity contribution in [1.29, 1.82) is 0 Å². The van der Waals surface area contributed by atoms with E-state index in [4.69, 9.17) is 4.74 Å². The number of aliphatic hydroxyl groups is 2. The molecule has 4 bridgehead atoms. The lowest BCUT2D eigenvalue weighted by Crippen LogP contribution is -2.65. The van der Waals surface area contributed by atoms with Gasteiger partial charge in [-0.1, -0.05) is 20.8 Å². The van der Waals surface area contributed by atoms with Gasteiger partial charge in [0.05, 0.1) is 17.6 Å². The van der Waals surface area contributed by atoms with E-state index in [2.05, 4.69) is 17.1 Å². The number of fused-ring (bicyclic) bond motifs is 2. The highest BCUT2D eigenvalue weighted by Gasteiger charge is 2.68. The van der Waals surface area contributed by atoms with E-state index in [0.29, 0.717) is 19.4 Å². The quantitative estimate of drug-likeness (QED) is 0.559. The van der Waals surface area contributed by atoms with Gasteiger partial charge in [0.1, 0.15) is 11.9 Å². The molecule has 8 heteroatoms. The van der Waals surface area contributed by atoms with Crippen LogP contribution >= 0.6 is 0 Å². The second kappa shape index (κ2) is 8.00. The number of carbonyl (C=O) groups excluding carboxylic acids is 3. The number of nitrogens with zero attached hydrogens (tertiary/aromatic N) is 1. The van der Waals surface area contributed by atoms with Crippen LogP contribution in [0.5, 0.6) is 0 Å². The molecule has 3 aliphatic carbocycles. The van der Waals surface area contributed by atoms with Gasteiger partial charge in [-0.3, -0.25) is 14.9 Å². The summed E-state index contributed by atoms with van der Waals surface area (Å²) in [4.78, 5) is 41.5. The topological polar surface area (TPSA) is 116 Å². The van der Waals surface area contributed by atoms with Gasteiger partial charge in [-0.05, 0) is 62.3 Å². The summed E-state index contributed by atoms with van der Waals surface area (Å²) in [6.07, 6.45) is 1.12. The summed E-state index contributed by atoms with van der Waals surface area (Å²) in [5.41, 5.74) is -2.61. The Morgan fingerprint density at radius 1 is 1.15 bits per heavy atom. The van der Waals surface area contributed by atoms with Crippen molar-refractivity contribution in [3.8, 4) is 0 Å². The molecule has 8 nitrogen and oxygen atoms in total. The zero-order valence-corrected chi connectivity index (χ0v) is 20.9. The Bertz CT molecular complexity index is 891. The summed E-state index contributed by atoms with van der Waals surface area (Å²) < 4.78 is 5.96. The monoisotopic (exact) mass is 476 g/mol. The van der Waals surface area contributed by atoms with E-state index in [0.717, 1.165) is 32.4 Å². The summed E-state index contributed by atoms with van der Waals surface area (Å²) in [5.74, 6) is -0.603. The van der Waals surface area contributed by atoms with Gasteiger partial charge < -0.3 is 19.8 Å². The molecule has 0 aromatic carbocycles. The van der Waals surface area contributed by atoms with Crippen molar-refractivity contribution in [2.24, 2.45) is 40.4 Å². The number of hydrogen-bond donors (Lipinski definition) is 3. The summed E-state index contributed by atoms with van der Waals surface area (Å²) in [6, 6.07) is 0. The van der Waals surface area contributed by atoms with Crippen LogP contribution in [-0.4, -0.2) is 70.3 Å². The SMILES string of the molecule is C[C@@H]1CCC23CCC(=O)C2[C@]1(C)[C@H](OC(=O)NC(=O)[C@H]1CN2CCC1C2)C[C@@](C)(O)[C@@H](O)[C@@H]3C. The first kappa shape index (κ1) is 24.2. The van der Waals surface area contributed by atoms with Crippen LogP contribution in [0.2, 0.25) is 0 Å². The van der Waals surface area contributed by atoms with E-state index in [1.165, 1.54) is 0 Å². The molecule has 0 spiro atoms. The molecule has 5 fully saturated rings. The number of carbonyl (C=O) groups is 3. The van der Waals surface area contributed by atoms with Gasteiger partial charge in [-0.25, -0.2) is 4.79 Å². The molecule has 2 heterocycles. The molecular formula is C26H40N2O6. The van der Waals surface area contributed by atoms with Crippen molar-refractivity contribution in [1.82, 2.24) is 10.2 Å². The van der Waals surface area contributed by atoms with Crippen molar-refractivity contribution in [3.05, 3.63) is 0 Å². The zero-order valence-electron chi connectivity index (χ0n) is 20.9. The van der Waals surface area contributed by atoms with Gasteiger partial charge >= 0.3 is 6.09 Å². The molecule has 5 aliphatic rings. The van der Waals surface area contributed by atoms with Gasteiger partial charge in [0.25, 0.3) is 0 Å². The minimum atomic E-state index is -1.49. The van der Waals surface area contributed by atoms with Crippen molar-refractivity contribution >= 4 is 17.8 Å². The smallest absolute Gasteiger partial charge is 0.414 e. The fourth-order valence-electron chi connectivity index (χ4n) is 8.67. The molecule has 3 N–H and O–H groups in total. The predicted octanol–water partition coefficient (Wildman–Crippen LogP) is 2.11. The normalized spacial score (nSPS) is 52.0. The number of Topliss-reactive ketones (excluding diaryl/α,β-unsaturated/α-hetero) is 1. The predicted molar refractivity (Wildman–Crippen MR) is 124 cm³/mol. The maximum atomic E-state index is 13.3. The van der Waals surface area contributed by atoms with Crippen molar-refractivity contribution < 1.29 is 29.3 Å². The van der Waals surface area contributed by atoms with Crippen LogP contribution in [0.25, 0.3) is 0 Å². The minimum Gasteiger partial charge on any atom is -0.445 e. The third kappa shape index (κ3) is 3.39. The number of hydrogen-bond acceptors (Lipinski definition) is 7. The number of aliphatic hydroxyl groups excluding tert-OH is 1. The Kier molecular flexibility index (Phi) is 5.69. The molecule has 5 rings (SSSR count). The molecule has 2 amide bonds. The van der Waals surface area contributed by atoms with Gasteiger partial charge in [0.15, 0.2) is 0 Å². The van der Waals surface area contributed by atoms with E-state index >= 15 is 0 Å². The molecule has 2 aliphatic heterocycles. The summed E-state index contributed by atoms with van der Waals surface area (Å²) in [5, 5.41) is 25.0. The fourth-order valence-corrected chi connectivity index (χ4v) is 8.67. The number of piperidine rings is 1. The van der Waals surface area contributed by atoms with E-state index in [1.54, 1.807) is 6.92 Å². The minimum absolute atomic E-state index is 0.0145. The maximum Gasteiger partial charge on any atom is 0.414 e.